The Bertz CT molecular complexity index is 578. The molecule has 0 aliphatic rings. The van der Waals surface area contributed by atoms with Crippen molar-refractivity contribution in [2.24, 2.45) is 0 Å². The number of rotatable bonds is 3. The van der Waals surface area contributed by atoms with Gasteiger partial charge in [-0.3, -0.25) is 0 Å². The Morgan fingerprint density at radius 2 is 2.17 bits per heavy atom. The van der Waals surface area contributed by atoms with Crippen LogP contribution in [0.4, 0.5) is 5.82 Å². The number of benzene rings is 1. The Hall–Kier alpha value is -1.49. The van der Waals surface area contributed by atoms with Crippen LogP contribution in [0.25, 0.3) is 11.3 Å². The normalized spacial score (nSPS) is 10.7. The van der Waals surface area contributed by atoms with Gasteiger partial charge < -0.3 is 15.0 Å². The molecule has 0 spiro atoms. The van der Waals surface area contributed by atoms with E-state index in [4.69, 9.17) is 10.5 Å². The molecule has 0 atom stereocenters. The molecule has 96 valence electrons. The summed E-state index contributed by atoms with van der Waals surface area (Å²) in [7, 11) is 1.65. The lowest BCUT2D eigenvalue weighted by Crippen LogP contribution is -2.02. The Labute approximate surface area is 115 Å². The predicted molar refractivity (Wildman–Crippen MR) is 76.7 cm³/mol. The van der Waals surface area contributed by atoms with Crippen LogP contribution < -0.4 is 10.5 Å². The average molecular weight is 310 g/mol. The van der Waals surface area contributed by atoms with E-state index in [1.54, 1.807) is 7.11 Å². The number of anilines is 1. The van der Waals surface area contributed by atoms with Gasteiger partial charge in [0.2, 0.25) is 0 Å². The molecular formula is C13H16BrN3O. The minimum absolute atomic E-state index is 0.673. The molecule has 0 saturated carbocycles. The molecule has 0 radical (unpaired) electrons. The lowest BCUT2D eigenvalue weighted by atomic mass is 10.1. The van der Waals surface area contributed by atoms with Crippen LogP contribution in [0.15, 0.2) is 22.7 Å². The van der Waals surface area contributed by atoms with Crippen molar-refractivity contribution in [3.63, 3.8) is 0 Å². The summed E-state index contributed by atoms with van der Waals surface area (Å²) in [5, 5.41) is 0. The summed E-state index contributed by atoms with van der Waals surface area (Å²) in [5.74, 6) is 2.35. The highest BCUT2D eigenvalue weighted by Gasteiger charge is 2.16. The summed E-state index contributed by atoms with van der Waals surface area (Å²) in [6.45, 7) is 4.81. The molecule has 18 heavy (non-hydrogen) atoms. The number of ether oxygens (including phenoxy) is 1. The summed E-state index contributed by atoms with van der Waals surface area (Å²) in [4.78, 5) is 4.54. The first-order valence-electron chi connectivity index (χ1n) is 5.75. The largest absolute Gasteiger partial charge is 0.496 e. The smallest absolute Gasteiger partial charge is 0.131 e. The molecule has 1 aromatic heterocycles. The van der Waals surface area contributed by atoms with Gasteiger partial charge in [-0.15, -0.1) is 0 Å². The third-order valence-electron chi connectivity index (χ3n) is 2.93. The Balaban J connectivity index is 2.65. The molecule has 0 amide bonds. The molecule has 1 heterocycles. The third kappa shape index (κ3) is 2.10. The molecule has 5 heteroatoms. The zero-order valence-corrected chi connectivity index (χ0v) is 12.3. The van der Waals surface area contributed by atoms with Gasteiger partial charge in [0.05, 0.1) is 7.11 Å². The number of imidazole rings is 1. The number of aryl methyl sites for hydroxylation is 1. The molecule has 0 bridgehead atoms. The summed E-state index contributed by atoms with van der Waals surface area (Å²) in [6.07, 6.45) is 0. The van der Waals surface area contributed by atoms with Crippen molar-refractivity contribution >= 4 is 21.7 Å². The standard InChI is InChI=1S/C13H16BrN3O/c1-4-17-8(2)16-12(13(17)15)10-7-9(14)5-6-11(10)18-3/h5-7H,4,15H2,1-3H3. The van der Waals surface area contributed by atoms with Crippen LogP contribution in [0.2, 0.25) is 0 Å². The van der Waals surface area contributed by atoms with Crippen molar-refractivity contribution in [3.05, 3.63) is 28.5 Å². The van der Waals surface area contributed by atoms with E-state index >= 15 is 0 Å². The number of aromatic nitrogens is 2. The molecule has 0 unspecified atom stereocenters. The van der Waals surface area contributed by atoms with Crippen LogP contribution in [0, 0.1) is 6.92 Å². The monoisotopic (exact) mass is 309 g/mol. The van der Waals surface area contributed by atoms with Crippen LogP contribution in [0.3, 0.4) is 0 Å². The molecule has 0 fully saturated rings. The van der Waals surface area contributed by atoms with Gasteiger partial charge in [0.1, 0.15) is 23.1 Å². The third-order valence-corrected chi connectivity index (χ3v) is 3.42. The van der Waals surface area contributed by atoms with Gasteiger partial charge in [-0.2, -0.15) is 0 Å². The van der Waals surface area contributed by atoms with Crippen LogP contribution in [-0.4, -0.2) is 16.7 Å². The number of methoxy groups -OCH3 is 1. The highest BCUT2D eigenvalue weighted by molar-refractivity contribution is 9.10. The van der Waals surface area contributed by atoms with E-state index in [0.717, 1.165) is 33.8 Å². The van der Waals surface area contributed by atoms with Crippen molar-refractivity contribution in [2.75, 3.05) is 12.8 Å². The van der Waals surface area contributed by atoms with Gasteiger partial charge in [-0.1, -0.05) is 15.9 Å². The number of nitrogens with two attached hydrogens (primary N) is 1. The Morgan fingerprint density at radius 3 is 2.72 bits per heavy atom. The van der Waals surface area contributed by atoms with E-state index < -0.39 is 0 Å². The quantitative estimate of drug-likeness (QED) is 0.947. The topological polar surface area (TPSA) is 53.1 Å². The molecule has 2 N–H and O–H groups in total. The van der Waals surface area contributed by atoms with Crippen molar-refractivity contribution in [1.29, 1.82) is 0 Å². The van der Waals surface area contributed by atoms with E-state index in [1.165, 1.54) is 0 Å². The van der Waals surface area contributed by atoms with E-state index in [2.05, 4.69) is 20.9 Å². The van der Waals surface area contributed by atoms with Gasteiger partial charge in [-0.05, 0) is 32.0 Å². The minimum Gasteiger partial charge on any atom is -0.496 e. The highest BCUT2D eigenvalue weighted by atomic mass is 79.9. The van der Waals surface area contributed by atoms with Crippen LogP contribution in [0.1, 0.15) is 12.7 Å². The average Bonchev–Trinajstić information content (AvgIpc) is 2.64. The molecule has 0 aliphatic carbocycles. The van der Waals surface area contributed by atoms with Crippen molar-refractivity contribution in [1.82, 2.24) is 9.55 Å². The lowest BCUT2D eigenvalue weighted by molar-refractivity contribution is 0.416. The van der Waals surface area contributed by atoms with Gasteiger partial charge in [0.15, 0.2) is 0 Å². The molecular weight excluding hydrogens is 294 g/mol. The second kappa shape index (κ2) is 5.02. The second-order valence-corrected chi connectivity index (χ2v) is 4.90. The zero-order chi connectivity index (χ0) is 13.3. The maximum Gasteiger partial charge on any atom is 0.131 e. The summed E-state index contributed by atoms with van der Waals surface area (Å²) in [5.41, 5.74) is 7.82. The fourth-order valence-corrected chi connectivity index (χ4v) is 2.41. The van der Waals surface area contributed by atoms with Gasteiger partial charge in [0, 0.05) is 16.6 Å². The van der Waals surface area contributed by atoms with Gasteiger partial charge >= 0.3 is 0 Å². The molecule has 0 aliphatic heterocycles. The first-order valence-corrected chi connectivity index (χ1v) is 6.54. The van der Waals surface area contributed by atoms with Gasteiger partial charge in [-0.25, -0.2) is 4.98 Å². The number of nitrogens with zero attached hydrogens (tertiary/aromatic N) is 2. The molecule has 2 rings (SSSR count). The van der Waals surface area contributed by atoms with Crippen LogP contribution in [-0.2, 0) is 6.54 Å². The Morgan fingerprint density at radius 1 is 1.44 bits per heavy atom. The molecule has 0 saturated heterocycles. The summed E-state index contributed by atoms with van der Waals surface area (Å²) in [6, 6.07) is 5.80. The SMILES string of the molecule is CCn1c(C)nc(-c2cc(Br)ccc2OC)c1N. The van der Waals surface area contributed by atoms with Crippen molar-refractivity contribution in [2.45, 2.75) is 20.4 Å². The first-order chi connectivity index (χ1) is 8.58. The van der Waals surface area contributed by atoms with Crippen LogP contribution >= 0.6 is 15.9 Å². The lowest BCUT2D eigenvalue weighted by Gasteiger charge is -2.08. The van der Waals surface area contributed by atoms with Crippen LogP contribution in [0.5, 0.6) is 5.75 Å². The summed E-state index contributed by atoms with van der Waals surface area (Å²) < 4.78 is 8.32. The fraction of sp³-hybridized carbons (Fsp3) is 0.308. The minimum atomic E-state index is 0.673. The Kier molecular flexibility index (Phi) is 3.61. The first kappa shape index (κ1) is 13.0. The maximum atomic E-state index is 6.15. The number of hydrogen-bond acceptors (Lipinski definition) is 3. The highest BCUT2D eigenvalue weighted by Crippen LogP contribution is 2.35. The van der Waals surface area contributed by atoms with E-state index in [-0.39, 0.29) is 0 Å². The predicted octanol–water partition coefficient (Wildman–Crippen LogP) is 3.23. The van der Waals surface area contributed by atoms with Crippen molar-refractivity contribution < 1.29 is 4.74 Å². The number of nitrogen functional groups attached to an aromatic ring is 1. The zero-order valence-electron chi connectivity index (χ0n) is 10.7. The number of halogens is 1. The van der Waals surface area contributed by atoms with Gasteiger partial charge in [0.25, 0.3) is 0 Å². The summed E-state index contributed by atoms with van der Waals surface area (Å²) >= 11 is 3.46. The fourth-order valence-electron chi connectivity index (χ4n) is 2.04. The molecule has 1 aromatic carbocycles. The molecule has 4 nitrogen and oxygen atoms in total. The van der Waals surface area contributed by atoms with E-state index in [9.17, 15) is 0 Å². The second-order valence-electron chi connectivity index (χ2n) is 3.98. The van der Waals surface area contributed by atoms with Crippen molar-refractivity contribution in [3.8, 4) is 17.0 Å². The molecule has 2 aromatic rings. The van der Waals surface area contributed by atoms with E-state index in [0.29, 0.717) is 5.82 Å². The number of hydrogen-bond donors (Lipinski definition) is 1. The van der Waals surface area contributed by atoms with E-state index in [1.807, 2.05) is 36.6 Å². The maximum absolute atomic E-state index is 6.15.